The molecule has 0 spiro atoms. The van der Waals surface area contributed by atoms with E-state index in [1.54, 1.807) is 34.5 Å². The molecule has 0 atom stereocenters. The molecule has 0 aromatic heterocycles. The fourth-order valence-electron chi connectivity index (χ4n) is 2.15. The van der Waals surface area contributed by atoms with Crippen LogP contribution in [0.15, 0.2) is 30.3 Å². The Morgan fingerprint density at radius 3 is 1.91 bits per heavy atom. The van der Waals surface area contributed by atoms with Gasteiger partial charge in [0.05, 0.1) is 33.5 Å². The number of hydrogen-bond donors (Lipinski definition) is 0. The topological polar surface area (TPSA) is 36.9 Å². The lowest BCUT2D eigenvalue weighted by Gasteiger charge is -2.12. The van der Waals surface area contributed by atoms with Gasteiger partial charge in [-0.2, -0.15) is 0 Å². The minimum absolute atomic E-state index is 0.564. The minimum Gasteiger partial charge on any atom is -0.497 e. The Morgan fingerprint density at radius 1 is 0.783 bits per heavy atom. The predicted molar refractivity (Wildman–Crippen MR) is 93.0 cm³/mol. The van der Waals surface area contributed by atoms with Crippen LogP contribution in [0, 0.1) is 0 Å². The summed E-state index contributed by atoms with van der Waals surface area (Å²) < 4.78 is 21.1. The molecule has 0 heterocycles. The maximum Gasteiger partial charge on any atom is 0.203 e. The average Bonchev–Trinajstić information content (AvgIpc) is 2.59. The molecule has 4 nitrogen and oxygen atoms in total. The molecule has 0 saturated heterocycles. The van der Waals surface area contributed by atoms with Gasteiger partial charge in [0.25, 0.3) is 0 Å². The van der Waals surface area contributed by atoms with Gasteiger partial charge in [0.2, 0.25) is 5.75 Å². The molecular weight excluding hydrogens is 316 g/mol. The van der Waals surface area contributed by atoms with E-state index >= 15 is 0 Å². The van der Waals surface area contributed by atoms with Crippen molar-refractivity contribution in [1.82, 2.24) is 0 Å². The highest BCUT2D eigenvalue weighted by molar-refractivity contribution is 6.32. The van der Waals surface area contributed by atoms with Crippen molar-refractivity contribution >= 4 is 23.8 Å². The molecular formula is C18H19ClO4. The Hall–Kier alpha value is -2.33. The van der Waals surface area contributed by atoms with Crippen LogP contribution in [-0.2, 0) is 0 Å². The van der Waals surface area contributed by atoms with E-state index in [4.69, 9.17) is 30.5 Å². The van der Waals surface area contributed by atoms with Crippen LogP contribution in [0.2, 0.25) is 5.02 Å². The summed E-state index contributed by atoms with van der Waals surface area (Å²) in [6, 6.07) is 9.28. The van der Waals surface area contributed by atoms with E-state index in [0.717, 1.165) is 16.9 Å². The van der Waals surface area contributed by atoms with E-state index in [2.05, 4.69) is 0 Å². The van der Waals surface area contributed by atoms with Crippen LogP contribution in [0.3, 0.4) is 0 Å². The summed E-state index contributed by atoms with van der Waals surface area (Å²) in [5.74, 6) is 2.49. The lowest BCUT2D eigenvalue weighted by molar-refractivity contribution is 0.324. The van der Waals surface area contributed by atoms with Crippen LogP contribution < -0.4 is 18.9 Å². The zero-order chi connectivity index (χ0) is 16.8. The quantitative estimate of drug-likeness (QED) is 0.726. The predicted octanol–water partition coefficient (Wildman–Crippen LogP) is 4.54. The first-order valence-corrected chi connectivity index (χ1v) is 7.32. The Kier molecular flexibility index (Phi) is 5.77. The third-order valence-electron chi connectivity index (χ3n) is 3.35. The van der Waals surface area contributed by atoms with Gasteiger partial charge in [0.15, 0.2) is 11.5 Å². The first kappa shape index (κ1) is 17.0. The number of rotatable bonds is 6. The summed E-state index contributed by atoms with van der Waals surface area (Å²) in [7, 11) is 6.36. The maximum absolute atomic E-state index is 6.24. The average molecular weight is 335 g/mol. The van der Waals surface area contributed by atoms with Crippen molar-refractivity contribution in [2.24, 2.45) is 0 Å². The second kappa shape index (κ2) is 7.79. The summed E-state index contributed by atoms with van der Waals surface area (Å²) in [4.78, 5) is 0. The molecule has 23 heavy (non-hydrogen) atoms. The van der Waals surface area contributed by atoms with Gasteiger partial charge in [-0.15, -0.1) is 0 Å². The summed E-state index contributed by atoms with van der Waals surface area (Å²) in [6.07, 6.45) is 3.85. The molecule has 2 aromatic rings. The molecule has 5 heteroatoms. The van der Waals surface area contributed by atoms with Crippen LogP contribution in [-0.4, -0.2) is 28.4 Å². The van der Waals surface area contributed by atoms with Gasteiger partial charge in [-0.3, -0.25) is 0 Å². The van der Waals surface area contributed by atoms with Crippen molar-refractivity contribution in [2.75, 3.05) is 28.4 Å². The third kappa shape index (κ3) is 3.90. The molecule has 0 fully saturated rings. The highest BCUT2D eigenvalue weighted by Crippen LogP contribution is 2.38. The first-order chi connectivity index (χ1) is 11.1. The second-order valence-electron chi connectivity index (χ2n) is 4.68. The van der Waals surface area contributed by atoms with E-state index in [-0.39, 0.29) is 0 Å². The Balaban J connectivity index is 2.36. The van der Waals surface area contributed by atoms with Crippen LogP contribution in [0.4, 0.5) is 0 Å². The second-order valence-corrected chi connectivity index (χ2v) is 5.09. The van der Waals surface area contributed by atoms with E-state index in [1.165, 1.54) is 0 Å². The van der Waals surface area contributed by atoms with Gasteiger partial charge >= 0.3 is 0 Å². The van der Waals surface area contributed by atoms with E-state index in [1.807, 2.05) is 36.4 Å². The van der Waals surface area contributed by atoms with Crippen LogP contribution in [0.1, 0.15) is 11.1 Å². The van der Waals surface area contributed by atoms with Crippen molar-refractivity contribution in [3.8, 4) is 23.0 Å². The number of methoxy groups -OCH3 is 4. The molecule has 0 bridgehead atoms. The smallest absolute Gasteiger partial charge is 0.203 e. The molecule has 0 aliphatic heterocycles. The van der Waals surface area contributed by atoms with Crippen molar-refractivity contribution in [2.45, 2.75) is 0 Å². The van der Waals surface area contributed by atoms with Gasteiger partial charge in [0.1, 0.15) is 5.75 Å². The Morgan fingerprint density at radius 2 is 1.43 bits per heavy atom. The van der Waals surface area contributed by atoms with Crippen molar-refractivity contribution in [3.05, 3.63) is 46.5 Å². The van der Waals surface area contributed by atoms with Gasteiger partial charge in [-0.1, -0.05) is 23.8 Å². The lowest BCUT2D eigenvalue weighted by atomic mass is 10.1. The largest absolute Gasteiger partial charge is 0.497 e. The lowest BCUT2D eigenvalue weighted by Crippen LogP contribution is -1.95. The SMILES string of the molecule is COc1ccc(/C=C\c2cc(OC)c(OC)c(OC)c2)c(Cl)c1. The highest BCUT2D eigenvalue weighted by atomic mass is 35.5. The maximum atomic E-state index is 6.24. The van der Waals surface area contributed by atoms with E-state index < -0.39 is 0 Å². The van der Waals surface area contributed by atoms with Gasteiger partial charge in [-0.05, 0) is 41.5 Å². The number of ether oxygens (including phenoxy) is 4. The van der Waals surface area contributed by atoms with Gasteiger partial charge < -0.3 is 18.9 Å². The summed E-state index contributed by atoms with van der Waals surface area (Å²) >= 11 is 6.24. The standard InChI is InChI=1S/C18H19ClO4/c1-20-14-8-7-13(15(19)11-14)6-5-12-9-16(21-2)18(23-4)17(10-12)22-3/h5-11H,1-4H3/b6-5-. The molecule has 122 valence electrons. The molecule has 0 N–H and O–H groups in total. The van der Waals surface area contributed by atoms with Gasteiger partial charge in [0, 0.05) is 0 Å². The fourth-order valence-corrected chi connectivity index (χ4v) is 2.39. The zero-order valence-electron chi connectivity index (χ0n) is 13.6. The van der Waals surface area contributed by atoms with Crippen molar-refractivity contribution < 1.29 is 18.9 Å². The minimum atomic E-state index is 0.564. The summed E-state index contributed by atoms with van der Waals surface area (Å²) in [5, 5.41) is 0.619. The first-order valence-electron chi connectivity index (χ1n) is 6.94. The van der Waals surface area contributed by atoms with Crippen LogP contribution in [0.5, 0.6) is 23.0 Å². The highest BCUT2D eigenvalue weighted by Gasteiger charge is 2.12. The molecule has 2 aromatic carbocycles. The van der Waals surface area contributed by atoms with Crippen LogP contribution >= 0.6 is 11.6 Å². The molecule has 0 amide bonds. The number of hydrogen-bond acceptors (Lipinski definition) is 4. The number of benzene rings is 2. The summed E-state index contributed by atoms with van der Waals surface area (Å²) in [5.41, 5.74) is 1.80. The van der Waals surface area contributed by atoms with Gasteiger partial charge in [-0.25, -0.2) is 0 Å². The molecule has 0 aliphatic rings. The normalized spacial score (nSPS) is 10.7. The number of halogens is 1. The monoisotopic (exact) mass is 334 g/mol. The fraction of sp³-hybridized carbons (Fsp3) is 0.222. The molecule has 0 unspecified atom stereocenters. The third-order valence-corrected chi connectivity index (χ3v) is 3.68. The molecule has 0 radical (unpaired) electrons. The Bertz CT molecular complexity index is 685. The van der Waals surface area contributed by atoms with Crippen LogP contribution in [0.25, 0.3) is 12.2 Å². The Labute approximate surface area is 141 Å². The van der Waals surface area contributed by atoms with E-state index in [9.17, 15) is 0 Å². The zero-order valence-corrected chi connectivity index (χ0v) is 14.3. The molecule has 2 rings (SSSR count). The molecule has 0 aliphatic carbocycles. The van der Waals surface area contributed by atoms with Crippen molar-refractivity contribution in [3.63, 3.8) is 0 Å². The summed E-state index contributed by atoms with van der Waals surface area (Å²) in [6.45, 7) is 0. The van der Waals surface area contributed by atoms with E-state index in [0.29, 0.717) is 22.3 Å². The van der Waals surface area contributed by atoms with Crippen molar-refractivity contribution in [1.29, 1.82) is 0 Å². The molecule has 0 saturated carbocycles.